The summed E-state index contributed by atoms with van der Waals surface area (Å²) in [6.07, 6.45) is 3.23. The van der Waals surface area contributed by atoms with Gasteiger partial charge in [-0.25, -0.2) is 4.79 Å². The highest BCUT2D eigenvalue weighted by Crippen LogP contribution is 2.17. The van der Waals surface area contributed by atoms with Crippen molar-refractivity contribution >= 4 is 12.0 Å². The maximum atomic E-state index is 12.1. The second-order valence-electron chi connectivity index (χ2n) is 7.02. The van der Waals surface area contributed by atoms with Crippen LogP contribution in [0.5, 0.6) is 5.75 Å². The number of rotatable bonds is 7. The van der Waals surface area contributed by atoms with Crippen molar-refractivity contribution in [2.24, 2.45) is 0 Å². The minimum Gasteiger partial charge on any atom is -0.497 e. The van der Waals surface area contributed by atoms with Gasteiger partial charge in [0.2, 0.25) is 0 Å². The smallest absolute Gasteiger partial charge is 0.331 e. The number of aromatic nitrogens is 2. The van der Waals surface area contributed by atoms with Gasteiger partial charge in [0.05, 0.1) is 19.3 Å². The molecule has 0 spiro atoms. The molecule has 1 heterocycles. The summed E-state index contributed by atoms with van der Waals surface area (Å²) in [6.45, 7) is 6.92. The van der Waals surface area contributed by atoms with E-state index in [1.54, 1.807) is 13.2 Å². The molecule has 0 aliphatic rings. The molecule has 5 nitrogen and oxygen atoms in total. The van der Waals surface area contributed by atoms with Gasteiger partial charge in [0.15, 0.2) is 0 Å². The molecule has 0 bridgehead atoms. The minimum atomic E-state index is -0.391. The number of ether oxygens (including phenoxy) is 2. The van der Waals surface area contributed by atoms with E-state index in [4.69, 9.17) is 9.47 Å². The molecule has 0 N–H and O–H groups in total. The average Bonchev–Trinajstić information content (AvgIpc) is 2.99. The van der Waals surface area contributed by atoms with E-state index in [0.29, 0.717) is 6.54 Å². The first kappa shape index (κ1) is 20.4. The zero-order chi connectivity index (χ0) is 20.8. The number of aryl methyl sites for hydroxylation is 2. The number of esters is 1. The van der Waals surface area contributed by atoms with Crippen molar-refractivity contribution in [3.63, 3.8) is 0 Å². The summed E-state index contributed by atoms with van der Waals surface area (Å²) < 4.78 is 12.5. The molecule has 0 amide bonds. The lowest BCUT2D eigenvalue weighted by Crippen LogP contribution is -2.04. The lowest BCUT2D eigenvalue weighted by molar-refractivity contribution is -0.138. The van der Waals surface area contributed by atoms with Crippen molar-refractivity contribution in [3.8, 4) is 5.75 Å². The third-order valence-electron chi connectivity index (χ3n) is 4.79. The van der Waals surface area contributed by atoms with Gasteiger partial charge in [-0.1, -0.05) is 42.0 Å². The SMILES string of the molecule is COc1cccc(COC(=O)/C=C\c2c(C)nn(Cc3ccc(C)cc3)c2C)c1. The molecule has 0 saturated carbocycles. The minimum absolute atomic E-state index is 0.199. The van der Waals surface area contributed by atoms with Gasteiger partial charge in [0, 0.05) is 17.3 Å². The standard InChI is InChI=1S/C24H26N2O3/c1-17-8-10-20(11-9-17)15-26-19(3)23(18(2)25-26)12-13-24(27)29-16-21-6-5-7-22(14-21)28-4/h5-14H,15-16H2,1-4H3/b13-12-. The molecule has 5 heteroatoms. The molecule has 0 unspecified atom stereocenters. The number of benzene rings is 2. The highest BCUT2D eigenvalue weighted by molar-refractivity contribution is 5.87. The Hall–Kier alpha value is -3.34. The van der Waals surface area contributed by atoms with Gasteiger partial charge in [0.1, 0.15) is 12.4 Å². The Kier molecular flexibility index (Phi) is 6.50. The highest BCUT2D eigenvalue weighted by atomic mass is 16.5. The zero-order valence-corrected chi connectivity index (χ0v) is 17.3. The Balaban J connectivity index is 1.64. The van der Waals surface area contributed by atoms with Crippen LogP contribution in [0.25, 0.3) is 6.08 Å². The summed E-state index contributed by atoms with van der Waals surface area (Å²) in [5, 5.41) is 4.62. The van der Waals surface area contributed by atoms with E-state index in [9.17, 15) is 4.79 Å². The molecule has 0 radical (unpaired) electrons. The number of carbonyl (C=O) groups excluding carboxylic acids is 1. The lowest BCUT2D eigenvalue weighted by Gasteiger charge is -2.06. The van der Waals surface area contributed by atoms with E-state index in [-0.39, 0.29) is 6.61 Å². The molecule has 1 aromatic heterocycles. The monoisotopic (exact) mass is 390 g/mol. The van der Waals surface area contributed by atoms with E-state index < -0.39 is 5.97 Å². The molecule has 0 atom stereocenters. The second kappa shape index (κ2) is 9.24. The fraction of sp³-hybridized carbons (Fsp3) is 0.250. The quantitative estimate of drug-likeness (QED) is 0.436. The first-order valence-electron chi connectivity index (χ1n) is 9.53. The van der Waals surface area contributed by atoms with Gasteiger partial charge in [-0.3, -0.25) is 4.68 Å². The third-order valence-corrected chi connectivity index (χ3v) is 4.79. The average molecular weight is 390 g/mol. The summed E-state index contributed by atoms with van der Waals surface area (Å²) in [6, 6.07) is 15.9. The molecule has 29 heavy (non-hydrogen) atoms. The van der Waals surface area contributed by atoms with Crippen molar-refractivity contribution in [2.45, 2.75) is 33.9 Å². The number of nitrogens with zero attached hydrogens (tertiary/aromatic N) is 2. The van der Waals surface area contributed by atoms with Gasteiger partial charge in [-0.15, -0.1) is 0 Å². The maximum Gasteiger partial charge on any atom is 0.331 e. The van der Waals surface area contributed by atoms with Crippen LogP contribution in [-0.2, 0) is 22.7 Å². The summed E-state index contributed by atoms with van der Waals surface area (Å²) in [5.41, 5.74) is 6.14. The van der Waals surface area contributed by atoms with E-state index in [0.717, 1.165) is 28.3 Å². The van der Waals surface area contributed by atoms with Gasteiger partial charge in [-0.05, 0) is 50.1 Å². The highest BCUT2D eigenvalue weighted by Gasteiger charge is 2.10. The van der Waals surface area contributed by atoms with Crippen LogP contribution >= 0.6 is 0 Å². The third kappa shape index (κ3) is 5.35. The van der Waals surface area contributed by atoms with Crippen LogP contribution in [0, 0.1) is 20.8 Å². The van der Waals surface area contributed by atoms with E-state index in [1.165, 1.54) is 17.2 Å². The molecule has 3 rings (SSSR count). The maximum absolute atomic E-state index is 12.1. The normalized spacial score (nSPS) is 11.0. The van der Waals surface area contributed by atoms with Crippen molar-refractivity contribution in [3.05, 3.63) is 88.2 Å². The number of methoxy groups -OCH3 is 1. The molecular formula is C24H26N2O3. The molecule has 3 aromatic rings. The fourth-order valence-corrected chi connectivity index (χ4v) is 3.09. The van der Waals surface area contributed by atoms with Crippen LogP contribution < -0.4 is 4.74 Å². The first-order chi connectivity index (χ1) is 14.0. The van der Waals surface area contributed by atoms with E-state index >= 15 is 0 Å². The van der Waals surface area contributed by atoms with Crippen LogP contribution in [0.1, 0.15) is 33.6 Å². The zero-order valence-electron chi connectivity index (χ0n) is 17.3. The molecule has 0 fully saturated rings. The predicted molar refractivity (Wildman–Crippen MR) is 114 cm³/mol. The van der Waals surface area contributed by atoms with Crippen molar-refractivity contribution in [1.82, 2.24) is 9.78 Å². The van der Waals surface area contributed by atoms with Crippen LogP contribution in [0.2, 0.25) is 0 Å². The summed E-state index contributed by atoms with van der Waals surface area (Å²) in [7, 11) is 1.61. The first-order valence-corrected chi connectivity index (χ1v) is 9.53. The van der Waals surface area contributed by atoms with Crippen molar-refractivity contribution < 1.29 is 14.3 Å². The Bertz CT molecular complexity index is 1020. The van der Waals surface area contributed by atoms with Gasteiger partial charge < -0.3 is 9.47 Å². The lowest BCUT2D eigenvalue weighted by atomic mass is 10.1. The van der Waals surface area contributed by atoms with Crippen molar-refractivity contribution in [2.75, 3.05) is 7.11 Å². The second-order valence-corrected chi connectivity index (χ2v) is 7.02. The topological polar surface area (TPSA) is 53.4 Å². The van der Waals surface area contributed by atoms with Crippen LogP contribution in [0.3, 0.4) is 0 Å². The Morgan fingerprint density at radius 3 is 2.55 bits per heavy atom. The van der Waals surface area contributed by atoms with E-state index in [2.05, 4.69) is 36.3 Å². The molecule has 150 valence electrons. The molecular weight excluding hydrogens is 364 g/mol. The molecule has 0 aliphatic carbocycles. The van der Waals surface area contributed by atoms with Gasteiger partial charge in [0.25, 0.3) is 0 Å². The number of hydrogen-bond acceptors (Lipinski definition) is 4. The van der Waals surface area contributed by atoms with Crippen molar-refractivity contribution in [1.29, 1.82) is 0 Å². The number of hydrogen-bond donors (Lipinski definition) is 0. The van der Waals surface area contributed by atoms with E-state index in [1.807, 2.05) is 42.8 Å². The summed E-state index contributed by atoms with van der Waals surface area (Å²) >= 11 is 0. The Morgan fingerprint density at radius 1 is 1.07 bits per heavy atom. The van der Waals surface area contributed by atoms with Gasteiger partial charge in [-0.2, -0.15) is 5.10 Å². The Labute approximate surface area is 171 Å². The molecule has 0 saturated heterocycles. The fourth-order valence-electron chi connectivity index (χ4n) is 3.09. The van der Waals surface area contributed by atoms with Crippen LogP contribution in [0.15, 0.2) is 54.6 Å². The number of carbonyl (C=O) groups is 1. The van der Waals surface area contributed by atoms with Crippen LogP contribution in [0.4, 0.5) is 0 Å². The predicted octanol–water partition coefficient (Wildman–Crippen LogP) is 4.62. The van der Waals surface area contributed by atoms with Gasteiger partial charge >= 0.3 is 5.97 Å². The van der Waals surface area contributed by atoms with Crippen LogP contribution in [-0.4, -0.2) is 22.9 Å². The Morgan fingerprint density at radius 2 is 1.83 bits per heavy atom. The molecule has 0 aliphatic heterocycles. The summed E-state index contributed by atoms with van der Waals surface area (Å²) in [5.74, 6) is 0.347. The summed E-state index contributed by atoms with van der Waals surface area (Å²) in [4.78, 5) is 12.1. The molecule has 2 aromatic carbocycles. The largest absolute Gasteiger partial charge is 0.497 e.